The Morgan fingerprint density at radius 1 is 0.633 bits per heavy atom. The lowest BCUT2D eigenvalue weighted by Crippen LogP contribution is -2.11. The van der Waals surface area contributed by atoms with E-state index in [4.69, 9.17) is 20.9 Å². The van der Waals surface area contributed by atoms with Crippen molar-refractivity contribution < 1.29 is 40.2 Å². The van der Waals surface area contributed by atoms with Crippen LogP contribution in [0.2, 0.25) is 0 Å². The largest absolute Gasteiger partial charge is 0.453 e. The molecule has 4 nitrogen and oxygen atoms in total. The Morgan fingerprint density at radius 3 is 1.53 bits per heavy atom. The van der Waals surface area contributed by atoms with Crippen molar-refractivity contribution in [3.05, 3.63) is 71.3 Å². The summed E-state index contributed by atoms with van der Waals surface area (Å²) in [6.07, 6.45) is -5.21. The van der Waals surface area contributed by atoms with E-state index in [-0.39, 0.29) is 11.8 Å². The molecule has 0 fully saturated rings. The number of halogens is 7. The van der Waals surface area contributed by atoms with Crippen molar-refractivity contribution >= 4 is 11.4 Å². The van der Waals surface area contributed by atoms with Crippen LogP contribution in [0.3, 0.4) is 0 Å². The van der Waals surface area contributed by atoms with Crippen LogP contribution < -0.4 is 20.9 Å². The van der Waals surface area contributed by atoms with Crippen LogP contribution in [0.25, 0.3) is 0 Å². The van der Waals surface area contributed by atoms with Crippen LogP contribution in [0.4, 0.5) is 42.1 Å². The second kappa shape index (κ2) is 7.65. The average molecular weight is 432 g/mol. The number of ether oxygens (including phenoxy) is 2. The van der Waals surface area contributed by atoms with Crippen LogP contribution in [0.1, 0.15) is 5.56 Å². The maximum absolute atomic E-state index is 14.9. The van der Waals surface area contributed by atoms with Crippen molar-refractivity contribution in [3.63, 3.8) is 0 Å². The zero-order chi connectivity index (χ0) is 22.2. The molecule has 0 aromatic heterocycles. The van der Waals surface area contributed by atoms with E-state index >= 15 is 0 Å². The summed E-state index contributed by atoms with van der Waals surface area (Å²) in [5.41, 5.74) is 7.98. The molecular formula is C19H11F7N2O2. The molecule has 30 heavy (non-hydrogen) atoms. The summed E-state index contributed by atoms with van der Waals surface area (Å²) in [5, 5.41) is 0. The topological polar surface area (TPSA) is 70.5 Å². The first kappa shape index (κ1) is 21.1. The minimum atomic E-state index is -5.21. The van der Waals surface area contributed by atoms with Crippen molar-refractivity contribution in [1.82, 2.24) is 0 Å². The normalized spacial score (nSPS) is 11.4. The van der Waals surface area contributed by atoms with E-state index in [9.17, 15) is 30.7 Å². The summed E-state index contributed by atoms with van der Waals surface area (Å²) in [6.45, 7) is 0. The molecule has 3 rings (SSSR count). The molecule has 0 spiro atoms. The van der Waals surface area contributed by atoms with Crippen LogP contribution in [-0.4, -0.2) is 0 Å². The molecule has 0 atom stereocenters. The van der Waals surface area contributed by atoms with Gasteiger partial charge in [-0.25, -0.2) is 13.2 Å². The van der Waals surface area contributed by atoms with Gasteiger partial charge in [-0.3, -0.25) is 0 Å². The Balaban J connectivity index is 2.11. The zero-order valence-corrected chi connectivity index (χ0v) is 14.7. The van der Waals surface area contributed by atoms with Crippen LogP contribution in [0.5, 0.6) is 23.0 Å². The molecule has 158 valence electrons. The molecule has 11 heteroatoms. The summed E-state index contributed by atoms with van der Waals surface area (Å²) in [4.78, 5) is 0. The van der Waals surface area contributed by atoms with Crippen molar-refractivity contribution in [2.24, 2.45) is 0 Å². The van der Waals surface area contributed by atoms with Gasteiger partial charge in [0.2, 0.25) is 11.6 Å². The van der Waals surface area contributed by atoms with Gasteiger partial charge < -0.3 is 20.9 Å². The molecule has 0 unspecified atom stereocenters. The fourth-order valence-corrected chi connectivity index (χ4v) is 2.39. The number of anilines is 2. The number of benzene rings is 3. The SMILES string of the molecule is Nc1cc(Oc2c(F)cc(C(F)(F)F)c(Oc3ccc(F)c(N)c3)c2F)ccc1F. The van der Waals surface area contributed by atoms with E-state index in [2.05, 4.69) is 0 Å². The molecule has 0 saturated carbocycles. The summed E-state index contributed by atoms with van der Waals surface area (Å²) >= 11 is 0. The highest BCUT2D eigenvalue weighted by molar-refractivity contribution is 5.52. The fourth-order valence-electron chi connectivity index (χ4n) is 2.39. The van der Waals surface area contributed by atoms with Crippen LogP contribution in [0.15, 0.2) is 42.5 Å². The minimum absolute atomic E-state index is 0.0342. The summed E-state index contributed by atoms with van der Waals surface area (Å²) < 4.78 is 105. The second-order valence-corrected chi connectivity index (χ2v) is 5.95. The molecule has 0 aliphatic carbocycles. The number of nitrogens with two attached hydrogens (primary N) is 2. The lowest BCUT2D eigenvalue weighted by Gasteiger charge is -2.18. The van der Waals surface area contributed by atoms with Gasteiger partial charge in [0, 0.05) is 12.1 Å². The number of nitrogen functional groups attached to an aromatic ring is 2. The fraction of sp³-hybridized carbons (Fsp3) is 0.0526. The molecule has 0 aliphatic heterocycles. The number of hydrogen-bond acceptors (Lipinski definition) is 4. The number of rotatable bonds is 4. The third kappa shape index (κ3) is 4.19. The van der Waals surface area contributed by atoms with Gasteiger partial charge in [0.1, 0.15) is 28.7 Å². The van der Waals surface area contributed by atoms with Crippen LogP contribution in [-0.2, 0) is 6.18 Å². The Hall–Kier alpha value is -3.63. The van der Waals surface area contributed by atoms with Crippen molar-refractivity contribution in [1.29, 1.82) is 0 Å². The molecule has 0 bridgehead atoms. The summed E-state index contributed by atoms with van der Waals surface area (Å²) in [7, 11) is 0. The first-order chi connectivity index (χ1) is 14.0. The first-order valence-electron chi connectivity index (χ1n) is 8.02. The average Bonchev–Trinajstić information content (AvgIpc) is 2.65. The Labute approximate surface area is 164 Å². The van der Waals surface area contributed by atoms with E-state index < -0.39 is 63.6 Å². The van der Waals surface area contributed by atoms with Gasteiger partial charge in [0.15, 0.2) is 11.6 Å². The standard InChI is InChI=1S/C19H11F7N2O2/c20-11-3-1-8(5-14(11)27)29-17-10(19(24,25)26)7-13(22)18(16(17)23)30-9-2-4-12(21)15(28)6-9/h1-7H,27-28H2. The third-order valence-electron chi connectivity index (χ3n) is 3.81. The summed E-state index contributed by atoms with van der Waals surface area (Å²) in [5.74, 6) is -8.73. The lowest BCUT2D eigenvalue weighted by atomic mass is 10.1. The Kier molecular flexibility index (Phi) is 5.38. The summed E-state index contributed by atoms with van der Waals surface area (Å²) in [6, 6.07) is 5.15. The Bertz CT molecular complexity index is 1120. The number of hydrogen-bond donors (Lipinski definition) is 2. The first-order valence-corrected chi connectivity index (χ1v) is 8.02. The maximum Gasteiger partial charge on any atom is 0.420 e. The predicted octanol–water partition coefficient (Wildman–Crippen LogP) is 6.01. The molecule has 0 radical (unpaired) electrons. The third-order valence-corrected chi connectivity index (χ3v) is 3.81. The molecular weight excluding hydrogens is 421 g/mol. The highest BCUT2D eigenvalue weighted by Gasteiger charge is 2.39. The van der Waals surface area contributed by atoms with E-state index in [1.54, 1.807) is 0 Å². The van der Waals surface area contributed by atoms with Crippen LogP contribution in [0, 0.1) is 23.3 Å². The lowest BCUT2D eigenvalue weighted by molar-refractivity contribution is -0.139. The van der Waals surface area contributed by atoms with E-state index in [1.165, 1.54) is 0 Å². The molecule has 3 aromatic rings. The quantitative estimate of drug-likeness (QED) is 0.391. The van der Waals surface area contributed by atoms with Crippen molar-refractivity contribution in [3.8, 4) is 23.0 Å². The molecule has 4 N–H and O–H groups in total. The molecule has 0 aliphatic rings. The van der Waals surface area contributed by atoms with Crippen molar-refractivity contribution in [2.45, 2.75) is 6.18 Å². The smallest absolute Gasteiger partial charge is 0.420 e. The van der Waals surface area contributed by atoms with E-state index in [0.717, 1.165) is 36.4 Å². The van der Waals surface area contributed by atoms with E-state index in [1.807, 2.05) is 0 Å². The monoisotopic (exact) mass is 432 g/mol. The highest BCUT2D eigenvalue weighted by atomic mass is 19.4. The van der Waals surface area contributed by atoms with Gasteiger partial charge in [-0.05, 0) is 30.3 Å². The van der Waals surface area contributed by atoms with Crippen molar-refractivity contribution in [2.75, 3.05) is 11.5 Å². The minimum Gasteiger partial charge on any atom is -0.453 e. The maximum atomic E-state index is 14.9. The predicted molar refractivity (Wildman–Crippen MR) is 93.1 cm³/mol. The van der Waals surface area contributed by atoms with Gasteiger partial charge in [-0.2, -0.15) is 17.6 Å². The molecule has 0 heterocycles. The van der Waals surface area contributed by atoms with Gasteiger partial charge >= 0.3 is 6.18 Å². The number of alkyl halides is 3. The molecule has 0 amide bonds. The second-order valence-electron chi connectivity index (χ2n) is 5.95. The van der Waals surface area contributed by atoms with Gasteiger partial charge in [-0.1, -0.05) is 0 Å². The van der Waals surface area contributed by atoms with Crippen LogP contribution >= 0.6 is 0 Å². The molecule has 0 saturated heterocycles. The van der Waals surface area contributed by atoms with E-state index in [0.29, 0.717) is 0 Å². The van der Waals surface area contributed by atoms with Gasteiger partial charge in [0.05, 0.1) is 11.4 Å². The Morgan fingerprint density at radius 2 is 1.10 bits per heavy atom. The van der Waals surface area contributed by atoms with Gasteiger partial charge in [-0.15, -0.1) is 0 Å². The highest BCUT2D eigenvalue weighted by Crippen LogP contribution is 2.45. The molecule has 3 aromatic carbocycles. The van der Waals surface area contributed by atoms with Gasteiger partial charge in [0.25, 0.3) is 0 Å². The zero-order valence-electron chi connectivity index (χ0n) is 14.7.